The molecule has 0 aliphatic carbocycles. The van der Waals surface area contributed by atoms with Crippen LogP contribution >= 0.6 is 0 Å². The quantitative estimate of drug-likeness (QED) is 0.463. The van der Waals surface area contributed by atoms with Crippen molar-refractivity contribution in [1.82, 2.24) is 0 Å². The predicted molar refractivity (Wildman–Crippen MR) is 118 cm³/mol. The van der Waals surface area contributed by atoms with Gasteiger partial charge in [-0.2, -0.15) is 0 Å². The third kappa shape index (κ3) is 5.15. The summed E-state index contributed by atoms with van der Waals surface area (Å²) < 4.78 is 6.55. The van der Waals surface area contributed by atoms with Gasteiger partial charge in [0, 0.05) is 0 Å². The highest BCUT2D eigenvalue weighted by molar-refractivity contribution is 6.99. The Hall–Kier alpha value is -1.54. The number of benzene rings is 2. The van der Waals surface area contributed by atoms with Gasteiger partial charge in [-0.05, 0) is 21.8 Å². The summed E-state index contributed by atoms with van der Waals surface area (Å²) in [5, 5.41) is 42.6. The lowest BCUT2D eigenvalue weighted by molar-refractivity contribution is -0.113. The fourth-order valence-electron chi connectivity index (χ4n) is 3.77. The summed E-state index contributed by atoms with van der Waals surface area (Å²) in [6.45, 7) is 7.92. The number of aliphatic hydroxyl groups excluding tert-OH is 4. The summed E-state index contributed by atoms with van der Waals surface area (Å²) in [7, 11) is -2.84. The summed E-state index contributed by atoms with van der Waals surface area (Å²) in [5.74, 6) is 0. The van der Waals surface area contributed by atoms with Gasteiger partial charge in [-0.3, -0.25) is 0 Å². The fraction of sp³-hybridized carbons (Fsp3) is 0.478. The summed E-state index contributed by atoms with van der Waals surface area (Å²) >= 11 is 0. The molecule has 0 fully saturated rings. The smallest absolute Gasteiger partial charge is 0.261 e. The molecule has 2 rings (SSSR count). The maximum atomic E-state index is 10.5. The van der Waals surface area contributed by atoms with E-state index < -0.39 is 32.7 Å². The van der Waals surface area contributed by atoms with Crippen LogP contribution in [0, 0.1) is 0 Å². The van der Waals surface area contributed by atoms with Crippen molar-refractivity contribution in [2.24, 2.45) is 0 Å². The highest BCUT2D eigenvalue weighted by Crippen LogP contribution is 2.36. The second-order valence-corrected chi connectivity index (χ2v) is 12.8. The van der Waals surface area contributed by atoms with Crippen molar-refractivity contribution in [1.29, 1.82) is 0 Å². The van der Waals surface area contributed by atoms with Crippen molar-refractivity contribution in [3.8, 4) is 0 Å². The summed E-state index contributed by atoms with van der Waals surface area (Å²) in [5.41, 5.74) is 0. The topological polar surface area (TPSA) is 90.2 Å². The standard InChI is InChI=1S/C23H34O5Si/c1-5-19(24)21(26)22(27)20(25)16-28-29(23(2,3)4,17-12-8-6-9-13-17)18-14-10-7-11-15-18/h6-15,19-22,24-27H,5,16H2,1-4H3. The van der Waals surface area contributed by atoms with Crippen LogP contribution in [0.25, 0.3) is 0 Å². The molecule has 4 N–H and O–H groups in total. The third-order valence-electron chi connectivity index (χ3n) is 5.44. The Morgan fingerprint density at radius 3 is 1.55 bits per heavy atom. The monoisotopic (exact) mass is 418 g/mol. The Morgan fingerprint density at radius 2 is 1.17 bits per heavy atom. The molecule has 0 saturated heterocycles. The zero-order valence-electron chi connectivity index (χ0n) is 17.7. The second-order valence-electron chi connectivity index (χ2n) is 8.50. The van der Waals surface area contributed by atoms with Gasteiger partial charge in [0.25, 0.3) is 8.32 Å². The van der Waals surface area contributed by atoms with Crippen molar-refractivity contribution >= 4 is 18.7 Å². The normalized spacial score (nSPS) is 16.8. The van der Waals surface area contributed by atoms with Crippen LogP contribution in [0.1, 0.15) is 34.1 Å². The Balaban J connectivity index is 2.41. The van der Waals surface area contributed by atoms with Gasteiger partial charge >= 0.3 is 0 Å². The zero-order valence-corrected chi connectivity index (χ0v) is 18.7. The van der Waals surface area contributed by atoms with Crippen molar-refractivity contribution in [3.05, 3.63) is 60.7 Å². The number of rotatable bonds is 9. The van der Waals surface area contributed by atoms with E-state index in [0.717, 1.165) is 10.4 Å². The van der Waals surface area contributed by atoms with E-state index >= 15 is 0 Å². The molecular weight excluding hydrogens is 384 g/mol. The number of aliphatic hydroxyl groups is 4. The number of hydrogen-bond acceptors (Lipinski definition) is 5. The molecule has 0 amide bonds. The average Bonchev–Trinajstić information content (AvgIpc) is 2.72. The van der Waals surface area contributed by atoms with Crippen molar-refractivity contribution in [2.45, 2.75) is 63.6 Å². The Bertz CT molecular complexity index is 692. The van der Waals surface area contributed by atoms with Crippen LogP contribution in [0.15, 0.2) is 60.7 Å². The van der Waals surface area contributed by atoms with Gasteiger partial charge in [0.05, 0.1) is 12.7 Å². The van der Waals surface area contributed by atoms with E-state index in [1.807, 2.05) is 60.7 Å². The maximum Gasteiger partial charge on any atom is 0.261 e. The van der Waals surface area contributed by atoms with Gasteiger partial charge in [-0.25, -0.2) is 0 Å². The molecule has 160 valence electrons. The largest absolute Gasteiger partial charge is 0.405 e. The highest BCUT2D eigenvalue weighted by Gasteiger charge is 2.50. The Morgan fingerprint density at radius 1 is 0.759 bits per heavy atom. The number of hydrogen-bond donors (Lipinski definition) is 4. The van der Waals surface area contributed by atoms with Gasteiger partial charge in [-0.1, -0.05) is 88.4 Å². The molecule has 4 unspecified atom stereocenters. The lowest BCUT2D eigenvalue weighted by Gasteiger charge is -2.43. The second kappa shape index (κ2) is 9.98. The van der Waals surface area contributed by atoms with Crippen LogP contribution in [-0.4, -0.2) is 59.8 Å². The van der Waals surface area contributed by atoms with E-state index in [1.54, 1.807) is 6.92 Å². The first-order valence-corrected chi connectivity index (χ1v) is 12.0. The molecule has 0 heterocycles. The molecule has 2 aromatic rings. The van der Waals surface area contributed by atoms with E-state index in [1.165, 1.54) is 0 Å². The molecule has 4 atom stereocenters. The van der Waals surface area contributed by atoms with E-state index in [2.05, 4.69) is 20.8 Å². The minimum absolute atomic E-state index is 0.151. The first-order chi connectivity index (χ1) is 13.6. The first kappa shape index (κ1) is 23.7. The average molecular weight is 419 g/mol. The molecule has 0 spiro atoms. The van der Waals surface area contributed by atoms with Gasteiger partial charge in [0.2, 0.25) is 0 Å². The van der Waals surface area contributed by atoms with Crippen LogP contribution in [-0.2, 0) is 4.43 Å². The molecule has 0 bridgehead atoms. The lowest BCUT2D eigenvalue weighted by atomic mass is 10.0. The molecule has 0 saturated carbocycles. The SMILES string of the molecule is CCC(O)C(O)C(O)C(O)CO[Si](c1ccccc1)(c1ccccc1)C(C)(C)C. The predicted octanol–water partition coefficient (Wildman–Crippen LogP) is 1.42. The summed E-state index contributed by atoms with van der Waals surface area (Å²) in [4.78, 5) is 0. The molecule has 0 radical (unpaired) electrons. The summed E-state index contributed by atoms with van der Waals surface area (Å²) in [6, 6.07) is 20.0. The summed E-state index contributed by atoms with van der Waals surface area (Å²) in [6.07, 6.45) is -5.08. The Kier molecular flexibility index (Phi) is 8.16. The van der Waals surface area contributed by atoms with Gasteiger partial charge in [0.15, 0.2) is 0 Å². The van der Waals surface area contributed by atoms with Crippen LogP contribution < -0.4 is 10.4 Å². The molecule has 0 aliphatic rings. The molecular formula is C23H34O5Si. The van der Waals surface area contributed by atoms with E-state index in [-0.39, 0.29) is 18.1 Å². The minimum Gasteiger partial charge on any atom is -0.405 e. The van der Waals surface area contributed by atoms with Crippen molar-refractivity contribution in [2.75, 3.05) is 6.61 Å². The molecule has 2 aromatic carbocycles. The highest BCUT2D eigenvalue weighted by atomic mass is 28.4. The van der Waals surface area contributed by atoms with Gasteiger partial charge in [-0.15, -0.1) is 0 Å². The van der Waals surface area contributed by atoms with Gasteiger partial charge < -0.3 is 24.9 Å². The lowest BCUT2D eigenvalue weighted by Crippen LogP contribution is -2.67. The molecule has 0 aliphatic heterocycles. The van der Waals surface area contributed by atoms with Crippen LogP contribution in [0.5, 0.6) is 0 Å². The van der Waals surface area contributed by atoms with Crippen LogP contribution in [0.3, 0.4) is 0 Å². The van der Waals surface area contributed by atoms with E-state index in [0.29, 0.717) is 0 Å². The van der Waals surface area contributed by atoms with Gasteiger partial charge in [0.1, 0.15) is 18.3 Å². The molecule has 0 aromatic heterocycles. The Labute approximate surface area is 174 Å². The fourth-order valence-corrected chi connectivity index (χ4v) is 8.34. The molecule has 6 heteroatoms. The van der Waals surface area contributed by atoms with Crippen molar-refractivity contribution in [3.63, 3.8) is 0 Å². The van der Waals surface area contributed by atoms with Crippen LogP contribution in [0.4, 0.5) is 0 Å². The molecule has 29 heavy (non-hydrogen) atoms. The van der Waals surface area contributed by atoms with E-state index in [4.69, 9.17) is 4.43 Å². The minimum atomic E-state index is -2.84. The third-order valence-corrected chi connectivity index (χ3v) is 10.4. The van der Waals surface area contributed by atoms with Crippen molar-refractivity contribution < 1.29 is 24.9 Å². The molecule has 5 nitrogen and oxygen atoms in total. The van der Waals surface area contributed by atoms with Crippen LogP contribution in [0.2, 0.25) is 5.04 Å². The van der Waals surface area contributed by atoms with E-state index in [9.17, 15) is 20.4 Å². The first-order valence-electron chi connectivity index (χ1n) is 10.1. The maximum absolute atomic E-state index is 10.5. The zero-order chi connectivity index (χ0) is 21.7.